The van der Waals surface area contributed by atoms with Crippen LogP contribution in [0.1, 0.15) is 36.8 Å². The molecule has 2 aromatic rings. The van der Waals surface area contributed by atoms with E-state index in [1.807, 2.05) is 18.5 Å². The van der Waals surface area contributed by atoms with Gasteiger partial charge < -0.3 is 0 Å². The molecule has 0 radical (unpaired) electrons. The lowest BCUT2D eigenvalue weighted by Gasteiger charge is -2.05. The fourth-order valence-corrected chi connectivity index (χ4v) is 2.62. The lowest BCUT2D eigenvalue weighted by atomic mass is 10.1. The van der Waals surface area contributed by atoms with Crippen molar-refractivity contribution in [1.82, 2.24) is 9.97 Å². The molecular weight excluding hydrogens is 312 g/mol. The minimum atomic E-state index is 0.964. The number of hydrogen-bond donors (Lipinski definition) is 0. The summed E-state index contributed by atoms with van der Waals surface area (Å²) in [7, 11) is 0. The SMILES string of the molecule is Cc1ccnc(-c2cc(CCCCCCBr)ccn2)c1. The monoisotopic (exact) mass is 332 g/mol. The van der Waals surface area contributed by atoms with Crippen LogP contribution in [-0.4, -0.2) is 15.3 Å². The molecule has 0 N–H and O–H groups in total. The number of nitrogens with zero attached hydrogens (tertiary/aromatic N) is 2. The molecule has 2 heterocycles. The van der Waals surface area contributed by atoms with E-state index >= 15 is 0 Å². The van der Waals surface area contributed by atoms with E-state index in [9.17, 15) is 0 Å². The Balaban J connectivity index is 1.97. The van der Waals surface area contributed by atoms with Gasteiger partial charge >= 0.3 is 0 Å². The van der Waals surface area contributed by atoms with Gasteiger partial charge in [0.15, 0.2) is 0 Å². The molecule has 0 aliphatic carbocycles. The van der Waals surface area contributed by atoms with Gasteiger partial charge in [0.1, 0.15) is 0 Å². The zero-order valence-electron chi connectivity index (χ0n) is 12.0. The smallest absolute Gasteiger partial charge is 0.0888 e. The Morgan fingerprint density at radius 2 is 1.60 bits per heavy atom. The van der Waals surface area contributed by atoms with Crippen molar-refractivity contribution < 1.29 is 0 Å². The van der Waals surface area contributed by atoms with Gasteiger partial charge in [0, 0.05) is 17.7 Å². The zero-order valence-corrected chi connectivity index (χ0v) is 13.6. The molecule has 0 saturated carbocycles. The van der Waals surface area contributed by atoms with Gasteiger partial charge in [-0.05, 0) is 61.6 Å². The summed E-state index contributed by atoms with van der Waals surface area (Å²) in [5.41, 5.74) is 4.52. The molecule has 106 valence electrons. The van der Waals surface area contributed by atoms with E-state index in [1.54, 1.807) is 0 Å². The molecule has 20 heavy (non-hydrogen) atoms. The van der Waals surface area contributed by atoms with Crippen LogP contribution in [-0.2, 0) is 6.42 Å². The van der Waals surface area contributed by atoms with Gasteiger partial charge in [-0.15, -0.1) is 0 Å². The molecule has 0 saturated heterocycles. The number of unbranched alkanes of at least 4 members (excludes halogenated alkanes) is 3. The van der Waals surface area contributed by atoms with Crippen molar-refractivity contribution in [2.75, 3.05) is 5.33 Å². The van der Waals surface area contributed by atoms with Crippen LogP contribution >= 0.6 is 15.9 Å². The predicted octanol–water partition coefficient (Wildman–Crippen LogP) is 4.95. The largest absolute Gasteiger partial charge is 0.255 e. The van der Waals surface area contributed by atoms with E-state index in [2.05, 4.69) is 51.0 Å². The molecule has 0 atom stereocenters. The molecule has 0 aliphatic rings. The van der Waals surface area contributed by atoms with E-state index in [1.165, 1.54) is 36.8 Å². The van der Waals surface area contributed by atoms with Crippen molar-refractivity contribution in [3.8, 4) is 11.4 Å². The van der Waals surface area contributed by atoms with Crippen LogP contribution in [0.4, 0.5) is 0 Å². The molecule has 2 aromatic heterocycles. The standard InChI is InChI=1S/C17H21BrN2/c1-14-7-10-19-16(12-14)17-13-15(8-11-20-17)6-4-2-3-5-9-18/h7-8,10-13H,2-6,9H2,1H3. The third-order valence-electron chi connectivity index (χ3n) is 3.35. The summed E-state index contributed by atoms with van der Waals surface area (Å²) >= 11 is 3.47. The number of aryl methyl sites for hydroxylation is 2. The molecular formula is C17H21BrN2. The molecule has 0 fully saturated rings. The topological polar surface area (TPSA) is 25.8 Å². The van der Waals surface area contributed by atoms with Gasteiger partial charge in [0.05, 0.1) is 11.4 Å². The number of rotatable bonds is 7. The average molecular weight is 333 g/mol. The second-order valence-electron chi connectivity index (χ2n) is 5.12. The number of halogens is 1. The number of aromatic nitrogens is 2. The summed E-state index contributed by atoms with van der Waals surface area (Å²) in [5.74, 6) is 0. The highest BCUT2D eigenvalue weighted by Crippen LogP contribution is 2.17. The minimum Gasteiger partial charge on any atom is -0.255 e. The second-order valence-corrected chi connectivity index (χ2v) is 5.91. The molecule has 0 aromatic carbocycles. The van der Waals surface area contributed by atoms with Crippen molar-refractivity contribution in [3.05, 3.63) is 47.8 Å². The Bertz CT molecular complexity index is 540. The minimum absolute atomic E-state index is 0.964. The Morgan fingerprint density at radius 3 is 2.35 bits per heavy atom. The summed E-state index contributed by atoms with van der Waals surface area (Å²) in [6.45, 7) is 2.08. The van der Waals surface area contributed by atoms with Crippen LogP contribution in [0, 0.1) is 6.92 Å². The summed E-state index contributed by atoms with van der Waals surface area (Å²) in [5, 5.41) is 1.12. The second kappa shape index (κ2) is 8.15. The highest BCUT2D eigenvalue weighted by molar-refractivity contribution is 9.09. The van der Waals surface area contributed by atoms with E-state index < -0.39 is 0 Å². The van der Waals surface area contributed by atoms with Gasteiger partial charge in [-0.3, -0.25) is 9.97 Å². The Kier molecular flexibility index (Phi) is 6.19. The van der Waals surface area contributed by atoms with Crippen LogP contribution in [0.3, 0.4) is 0 Å². The quantitative estimate of drug-likeness (QED) is 0.529. The zero-order chi connectivity index (χ0) is 14.2. The molecule has 3 heteroatoms. The van der Waals surface area contributed by atoms with Crippen molar-refractivity contribution in [2.45, 2.75) is 39.0 Å². The van der Waals surface area contributed by atoms with Crippen LogP contribution in [0.25, 0.3) is 11.4 Å². The molecule has 0 amide bonds. The van der Waals surface area contributed by atoms with Crippen molar-refractivity contribution in [3.63, 3.8) is 0 Å². The Morgan fingerprint density at radius 1 is 0.900 bits per heavy atom. The lowest BCUT2D eigenvalue weighted by molar-refractivity contribution is 0.671. The number of pyridine rings is 2. The summed E-state index contributed by atoms with van der Waals surface area (Å²) in [4.78, 5) is 8.84. The first kappa shape index (κ1) is 15.2. The summed E-state index contributed by atoms with van der Waals surface area (Å²) < 4.78 is 0. The van der Waals surface area contributed by atoms with Crippen LogP contribution in [0.2, 0.25) is 0 Å². The molecule has 2 nitrogen and oxygen atoms in total. The van der Waals surface area contributed by atoms with Crippen LogP contribution < -0.4 is 0 Å². The fourth-order valence-electron chi connectivity index (χ4n) is 2.22. The maximum atomic E-state index is 4.44. The maximum Gasteiger partial charge on any atom is 0.0888 e. The van der Waals surface area contributed by atoms with E-state index in [0.717, 1.165) is 23.1 Å². The Hall–Kier alpha value is -1.22. The molecule has 0 unspecified atom stereocenters. The third kappa shape index (κ3) is 4.71. The molecule has 0 bridgehead atoms. The molecule has 2 rings (SSSR count). The highest BCUT2D eigenvalue weighted by Gasteiger charge is 2.02. The molecule has 0 aliphatic heterocycles. The van der Waals surface area contributed by atoms with Crippen molar-refractivity contribution in [1.29, 1.82) is 0 Å². The first-order valence-electron chi connectivity index (χ1n) is 7.23. The first-order valence-corrected chi connectivity index (χ1v) is 8.35. The molecule has 0 spiro atoms. The number of alkyl halides is 1. The maximum absolute atomic E-state index is 4.44. The van der Waals surface area contributed by atoms with E-state index in [0.29, 0.717) is 0 Å². The third-order valence-corrected chi connectivity index (χ3v) is 3.91. The van der Waals surface area contributed by atoms with Gasteiger partial charge in [-0.25, -0.2) is 0 Å². The van der Waals surface area contributed by atoms with Gasteiger partial charge in [-0.2, -0.15) is 0 Å². The summed E-state index contributed by atoms with van der Waals surface area (Å²) in [6, 6.07) is 8.38. The van der Waals surface area contributed by atoms with Crippen LogP contribution in [0.5, 0.6) is 0 Å². The average Bonchev–Trinajstić information content (AvgIpc) is 2.47. The van der Waals surface area contributed by atoms with Crippen LogP contribution in [0.15, 0.2) is 36.7 Å². The van der Waals surface area contributed by atoms with E-state index in [4.69, 9.17) is 0 Å². The fraction of sp³-hybridized carbons (Fsp3) is 0.412. The van der Waals surface area contributed by atoms with Gasteiger partial charge in [0.2, 0.25) is 0 Å². The first-order chi connectivity index (χ1) is 9.79. The lowest BCUT2D eigenvalue weighted by Crippen LogP contribution is -1.92. The Labute approximate surface area is 129 Å². The van der Waals surface area contributed by atoms with Crippen molar-refractivity contribution in [2.24, 2.45) is 0 Å². The predicted molar refractivity (Wildman–Crippen MR) is 88.2 cm³/mol. The summed E-state index contributed by atoms with van der Waals surface area (Å²) in [6.07, 6.45) is 10.00. The van der Waals surface area contributed by atoms with E-state index in [-0.39, 0.29) is 0 Å². The van der Waals surface area contributed by atoms with Gasteiger partial charge in [-0.1, -0.05) is 28.8 Å². The van der Waals surface area contributed by atoms with Gasteiger partial charge in [0.25, 0.3) is 0 Å². The van der Waals surface area contributed by atoms with Crippen molar-refractivity contribution >= 4 is 15.9 Å². The normalized spacial score (nSPS) is 10.7. The highest BCUT2D eigenvalue weighted by atomic mass is 79.9. The number of hydrogen-bond acceptors (Lipinski definition) is 2.